The molecule has 0 unspecified atom stereocenters. The van der Waals surface area contributed by atoms with Crippen molar-refractivity contribution < 1.29 is 18.7 Å². The lowest BCUT2D eigenvalue weighted by Crippen LogP contribution is -2.54. The number of hydrogen-bond donors (Lipinski definition) is 1. The van der Waals surface area contributed by atoms with Crippen molar-refractivity contribution in [1.82, 2.24) is 24.4 Å². The number of nitrogens with zero attached hydrogens (tertiary/aromatic N) is 6. The number of halogens is 2. The van der Waals surface area contributed by atoms with Crippen molar-refractivity contribution in [3.8, 4) is 22.7 Å². The number of benzene rings is 1. The van der Waals surface area contributed by atoms with Crippen molar-refractivity contribution in [2.75, 3.05) is 24.5 Å². The molecular formula is C29H28F2N6O3. The fourth-order valence-corrected chi connectivity index (χ4v) is 5.23. The monoisotopic (exact) mass is 546 g/mol. The standard InChI is InChI=1S/C29H28F2N6O3/c1-5-20-26(16(3)10-11-32-20)37-28-25(19(31)14-21(33-28)24-18(30)8-7-9-22(24)38)27(34-29(37)40)36-13-12-35(15-17(36)4)23(39)6-2/h6-11,14,17,38H,2,5,12-13,15H2,1,3-4H3/t17-/m0/s1. The van der Waals surface area contributed by atoms with E-state index in [9.17, 15) is 19.1 Å². The third-order valence-electron chi connectivity index (χ3n) is 7.17. The molecule has 1 saturated heterocycles. The van der Waals surface area contributed by atoms with Crippen molar-refractivity contribution in [2.24, 2.45) is 0 Å². The second-order valence-corrected chi connectivity index (χ2v) is 9.68. The summed E-state index contributed by atoms with van der Waals surface area (Å²) >= 11 is 0. The van der Waals surface area contributed by atoms with Gasteiger partial charge in [0.2, 0.25) is 5.91 Å². The number of piperazine rings is 1. The molecule has 1 fully saturated rings. The highest BCUT2D eigenvalue weighted by Crippen LogP contribution is 2.36. The number of carbonyl (C=O) groups is 1. The topological polar surface area (TPSA) is 104 Å². The summed E-state index contributed by atoms with van der Waals surface area (Å²) in [7, 11) is 0. The maximum atomic E-state index is 16.2. The molecule has 1 aliphatic rings. The van der Waals surface area contributed by atoms with Gasteiger partial charge in [-0.3, -0.25) is 9.78 Å². The lowest BCUT2D eigenvalue weighted by atomic mass is 10.1. The number of anilines is 1. The highest BCUT2D eigenvalue weighted by Gasteiger charge is 2.31. The minimum Gasteiger partial charge on any atom is -0.507 e. The average Bonchev–Trinajstić information content (AvgIpc) is 2.92. The Kier molecular flexibility index (Phi) is 7.05. The fraction of sp³-hybridized carbons (Fsp3) is 0.276. The number of carbonyl (C=O) groups excluding carboxylic acids is 1. The van der Waals surface area contributed by atoms with Crippen molar-refractivity contribution >= 4 is 22.8 Å². The van der Waals surface area contributed by atoms with Crippen LogP contribution in [0.2, 0.25) is 0 Å². The first kappa shape index (κ1) is 26.9. The van der Waals surface area contributed by atoms with Crippen LogP contribution in [0.15, 0.2) is 54.0 Å². The zero-order valence-corrected chi connectivity index (χ0v) is 22.4. The van der Waals surface area contributed by atoms with Gasteiger partial charge in [0.15, 0.2) is 5.65 Å². The molecule has 0 spiro atoms. The molecular weight excluding hydrogens is 518 g/mol. The van der Waals surface area contributed by atoms with Gasteiger partial charge in [-0.25, -0.2) is 23.1 Å². The minimum absolute atomic E-state index is 0.0418. The molecule has 3 aromatic heterocycles. The molecule has 206 valence electrons. The third kappa shape index (κ3) is 4.47. The van der Waals surface area contributed by atoms with Crippen molar-refractivity contribution in [3.05, 3.63) is 82.6 Å². The summed E-state index contributed by atoms with van der Waals surface area (Å²) < 4.78 is 32.2. The van der Waals surface area contributed by atoms with E-state index < -0.39 is 23.1 Å². The predicted octanol–water partition coefficient (Wildman–Crippen LogP) is 3.92. The van der Waals surface area contributed by atoms with Crippen molar-refractivity contribution in [2.45, 2.75) is 33.2 Å². The summed E-state index contributed by atoms with van der Waals surface area (Å²) in [6.07, 6.45) is 3.33. The maximum absolute atomic E-state index is 16.2. The number of hydrogen-bond acceptors (Lipinski definition) is 7. The van der Waals surface area contributed by atoms with Gasteiger partial charge in [0.25, 0.3) is 0 Å². The Labute approximate surface area is 229 Å². The number of fused-ring (bicyclic) bond motifs is 1. The van der Waals surface area contributed by atoms with Gasteiger partial charge in [0, 0.05) is 37.9 Å². The Morgan fingerprint density at radius 3 is 2.65 bits per heavy atom. The van der Waals surface area contributed by atoms with E-state index in [1.807, 2.05) is 13.8 Å². The van der Waals surface area contributed by atoms with Crippen LogP contribution < -0.4 is 10.6 Å². The number of phenolic OH excluding ortho intramolecular Hbond substituents is 1. The number of aromatic hydroxyl groups is 1. The molecule has 0 saturated carbocycles. The Balaban J connectivity index is 1.83. The van der Waals surface area contributed by atoms with E-state index in [1.165, 1.54) is 22.8 Å². The van der Waals surface area contributed by atoms with E-state index in [0.29, 0.717) is 36.5 Å². The molecule has 1 aromatic carbocycles. The highest BCUT2D eigenvalue weighted by molar-refractivity contribution is 5.92. The van der Waals surface area contributed by atoms with Gasteiger partial charge < -0.3 is 14.9 Å². The van der Waals surface area contributed by atoms with E-state index in [1.54, 1.807) is 29.0 Å². The van der Waals surface area contributed by atoms with E-state index in [4.69, 9.17) is 0 Å². The number of rotatable bonds is 5. The molecule has 5 rings (SSSR count). The number of phenols is 1. The Morgan fingerprint density at radius 2 is 1.98 bits per heavy atom. The summed E-state index contributed by atoms with van der Waals surface area (Å²) in [5.41, 5.74) is 0.405. The van der Waals surface area contributed by atoms with Gasteiger partial charge in [0.1, 0.15) is 23.2 Å². The van der Waals surface area contributed by atoms with E-state index in [2.05, 4.69) is 21.5 Å². The van der Waals surface area contributed by atoms with Crippen LogP contribution in [0.3, 0.4) is 0 Å². The molecule has 9 nitrogen and oxygen atoms in total. The second-order valence-electron chi connectivity index (χ2n) is 9.68. The number of aryl methyl sites for hydroxylation is 2. The predicted molar refractivity (Wildman–Crippen MR) is 148 cm³/mol. The number of pyridine rings is 2. The van der Waals surface area contributed by atoms with Gasteiger partial charge in [-0.05, 0) is 50.1 Å². The van der Waals surface area contributed by atoms with Crippen LogP contribution in [0.25, 0.3) is 28.0 Å². The number of amides is 1. The van der Waals surface area contributed by atoms with E-state index >= 15 is 4.39 Å². The summed E-state index contributed by atoms with van der Waals surface area (Å²) in [6.45, 7) is 9.98. The molecule has 1 aliphatic heterocycles. The second kappa shape index (κ2) is 10.5. The summed E-state index contributed by atoms with van der Waals surface area (Å²) in [5, 5.41) is 10.4. The Hall–Kier alpha value is -4.67. The molecule has 11 heteroatoms. The average molecular weight is 547 g/mol. The minimum atomic E-state index is -0.796. The zero-order chi connectivity index (χ0) is 28.7. The van der Waals surface area contributed by atoms with Gasteiger partial charge in [-0.1, -0.05) is 19.6 Å². The summed E-state index contributed by atoms with van der Waals surface area (Å²) in [4.78, 5) is 42.7. The Bertz CT molecular complexity index is 1700. The molecule has 40 heavy (non-hydrogen) atoms. The number of aromatic nitrogens is 4. The first-order valence-corrected chi connectivity index (χ1v) is 12.9. The van der Waals surface area contributed by atoms with Crippen LogP contribution >= 0.6 is 0 Å². The third-order valence-corrected chi connectivity index (χ3v) is 7.17. The van der Waals surface area contributed by atoms with E-state index in [-0.39, 0.29) is 46.6 Å². The van der Waals surface area contributed by atoms with Gasteiger partial charge in [-0.15, -0.1) is 0 Å². The van der Waals surface area contributed by atoms with Crippen LogP contribution in [0, 0.1) is 18.6 Å². The molecule has 4 aromatic rings. The smallest absolute Gasteiger partial charge is 0.355 e. The van der Waals surface area contributed by atoms with Gasteiger partial charge in [0.05, 0.1) is 28.0 Å². The van der Waals surface area contributed by atoms with Crippen LogP contribution in [0.5, 0.6) is 5.75 Å². The summed E-state index contributed by atoms with van der Waals surface area (Å²) in [6, 6.07) is 6.18. The molecule has 1 N–H and O–H groups in total. The normalized spacial score (nSPS) is 15.5. The quantitative estimate of drug-likeness (QED) is 0.379. The molecule has 1 amide bonds. The van der Waals surface area contributed by atoms with Gasteiger partial charge in [-0.2, -0.15) is 4.98 Å². The Morgan fingerprint density at radius 1 is 1.20 bits per heavy atom. The van der Waals surface area contributed by atoms with Crippen LogP contribution in [0.1, 0.15) is 25.1 Å². The zero-order valence-electron chi connectivity index (χ0n) is 22.4. The van der Waals surface area contributed by atoms with Crippen molar-refractivity contribution in [1.29, 1.82) is 0 Å². The largest absolute Gasteiger partial charge is 0.507 e. The first-order valence-electron chi connectivity index (χ1n) is 12.9. The van der Waals surface area contributed by atoms with E-state index in [0.717, 1.165) is 12.1 Å². The first-order chi connectivity index (χ1) is 19.2. The lowest BCUT2D eigenvalue weighted by molar-refractivity contribution is -0.126. The van der Waals surface area contributed by atoms with Crippen LogP contribution in [-0.2, 0) is 11.2 Å². The lowest BCUT2D eigenvalue weighted by Gasteiger charge is -2.40. The van der Waals surface area contributed by atoms with Crippen LogP contribution in [-0.4, -0.2) is 61.1 Å². The molecule has 4 heterocycles. The molecule has 0 bridgehead atoms. The van der Waals surface area contributed by atoms with Gasteiger partial charge >= 0.3 is 5.69 Å². The molecule has 0 radical (unpaired) electrons. The van der Waals surface area contributed by atoms with Crippen LogP contribution in [0.4, 0.5) is 14.6 Å². The molecule has 0 aliphatic carbocycles. The SMILES string of the molecule is C=CC(=O)N1CCN(c2nc(=O)n(-c3c(C)ccnc3CC)c3nc(-c4c(O)cccc4F)cc(F)c23)[C@@H](C)C1. The van der Waals surface area contributed by atoms with Crippen molar-refractivity contribution in [3.63, 3.8) is 0 Å². The maximum Gasteiger partial charge on any atom is 0.355 e. The highest BCUT2D eigenvalue weighted by atomic mass is 19.1. The molecule has 1 atom stereocenters. The fourth-order valence-electron chi connectivity index (χ4n) is 5.23. The summed E-state index contributed by atoms with van der Waals surface area (Å²) in [5.74, 6) is -2.16.